The highest BCUT2D eigenvalue weighted by molar-refractivity contribution is 7.91. The molecule has 0 saturated heterocycles. The third-order valence-corrected chi connectivity index (χ3v) is 7.29. The minimum Gasteiger partial charge on any atom is -0.305 e. The molecule has 1 atom stereocenters. The average Bonchev–Trinajstić information content (AvgIpc) is 3.25. The molecule has 10 heteroatoms. The van der Waals surface area contributed by atoms with Crippen LogP contribution in [0.5, 0.6) is 0 Å². The minimum absolute atomic E-state index is 0.107. The van der Waals surface area contributed by atoms with Gasteiger partial charge in [-0.05, 0) is 67.5 Å². The van der Waals surface area contributed by atoms with E-state index in [2.05, 4.69) is 19.7 Å². The van der Waals surface area contributed by atoms with E-state index >= 15 is 0 Å². The highest BCUT2D eigenvalue weighted by Crippen LogP contribution is 2.42. The van der Waals surface area contributed by atoms with Crippen LogP contribution >= 0.6 is 0 Å². The first kappa shape index (κ1) is 18.7. The Bertz CT molecular complexity index is 1160. The molecule has 0 spiro atoms. The Kier molecular flexibility index (Phi) is 4.27. The van der Waals surface area contributed by atoms with E-state index in [4.69, 9.17) is 5.14 Å². The summed E-state index contributed by atoms with van der Waals surface area (Å²) in [7, 11) is -1.49. The van der Waals surface area contributed by atoms with Gasteiger partial charge in [-0.3, -0.25) is 9.58 Å². The summed E-state index contributed by atoms with van der Waals surface area (Å²) in [5, 5.41) is 13.1. The number of rotatable bonds is 2. The lowest BCUT2D eigenvalue weighted by Crippen LogP contribution is -2.30. The van der Waals surface area contributed by atoms with Gasteiger partial charge >= 0.3 is 6.03 Å². The van der Waals surface area contributed by atoms with Crippen LogP contribution in [-0.2, 0) is 48.7 Å². The van der Waals surface area contributed by atoms with Crippen molar-refractivity contribution in [2.45, 2.75) is 50.2 Å². The van der Waals surface area contributed by atoms with E-state index in [-0.39, 0.29) is 10.8 Å². The van der Waals surface area contributed by atoms with Gasteiger partial charge in [0.15, 0.2) is 14.9 Å². The summed E-state index contributed by atoms with van der Waals surface area (Å²) >= 11 is 0. The number of hydrogen-bond acceptors (Lipinski definition) is 4. The van der Waals surface area contributed by atoms with Crippen molar-refractivity contribution >= 4 is 21.6 Å². The van der Waals surface area contributed by atoms with Crippen LogP contribution in [-0.4, -0.2) is 38.5 Å². The molecule has 1 unspecified atom stereocenters. The number of halogens is 1. The van der Waals surface area contributed by atoms with Gasteiger partial charge in [0.25, 0.3) is 0 Å². The normalized spacial score (nSPS) is 19.6. The van der Waals surface area contributed by atoms with Gasteiger partial charge in [0.2, 0.25) is 0 Å². The van der Waals surface area contributed by atoms with Gasteiger partial charge in [-0.15, -0.1) is 4.36 Å². The number of nitrogens with one attached hydrogen (secondary N) is 1. The maximum absolute atomic E-state index is 14.5. The first-order chi connectivity index (χ1) is 13.8. The number of hydrogen-bond donors (Lipinski definition) is 2. The molecule has 1 aromatic carbocycles. The van der Waals surface area contributed by atoms with Crippen LogP contribution in [0.3, 0.4) is 0 Å². The van der Waals surface area contributed by atoms with E-state index in [1.807, 2.05) is 7.05 Å². The summed E-state index contributed by atoms with van der Waals surface area (Å²) in [5.74, 6) is -0.120. The molecule has 2 heterocycles. The first-order valence-electron chi connectivity index (χ1n) is 9.79. The smallest absolute Gasteiger partial charge is 0.305 e. The number of urea groups is 1. The number of carbonyl (C=O) groups excluding carboxylic acids is 1. The van der Waals surface area contributed by atoms with Gasteiger partial charge < -0.3 is 5.32 Å². The van der Waals surface area contributed by atoms with E-state index in [1.165, 1.54) is 0 Å². The van der Waals surface area contributed by atoms with Crippen LogP contribution in [0.15, 0.2) is 15.5 Å². The van der Waals surface area contributed by atoms with Crippen LogP contribution in [0.25, 0.3) is 0 Å². The second-order valence-corrected chi connectivity index (χ2v) is 9.72. The fourth-order valence-electron chi connectivity index (χ4n) is 4.48. The van der Waals surface area contributed by atoms with Crippen LogP contribution in [0, 0.1) is 5.82 Å². The van der Waals surface area contributed by atoms with Crippen molar-refractivity contribution in [1.82, 2.24) is 14.7 Å². The predicted octanol–water partition coefficient (Wildman–Crippen LogP) is 1.99. The summed E-state index contributed by atoms with van der Waals surface area (Å²) in [6.07, 6.45) is 3.65. The quantitative estimate of drug-likeness (QED) is 0.778. The van der Waals surface area contributed by atoms with Gasteiger partial charge in [-0.1, -0.05) is 0 Å². The number of likely N-dealkylation sites (N-methyl/N-ethyl adjacent to an activating group) is 1. The Morgan fingerprint density at radius 2 is 1.90 bits per heavy atom. The monoisotopic (exact) mass is 418 g/mol. The lowest BCUT2D eigenvalue weighted by Gasteiger charge is -2.26. The van der Waals surface area contributed by atoms with Crippen molar-refractivity contribution in [3.63, 3.8) is 0 Å². The predicted molar refractivity (Wildman–Crippen MR) is 106 cm³/mol. The first-order valence-corrected chi connectivity index (χ1v) is 11.4. The number of amides is 2. The zero-order valence-electron chi connectivity index (χ0n) is 16.2. The zero-order valence-corrected chi connectivity index (χ0v) is 17.0. The zero-order chi connectivity index (χ0) is 20.3. The molecule has 1 aliphatic heterocycles. The number of carbonyl (C=O) groups is 1. The molecule has 2 aliphatic carbocycles. The van der Waals surface area contributed by atoms with Gasteiger partial charge in [0.05, 0.1) is 12.2 Å². The second-order valence-electron chi connectivity index (χ2n) is 7.98. The minimum atomic E-state index is -3.48. The number of nitrogens with zero attached hydrogens (tertiary/aromatic N) is 4. The maximum Gasteiger partial charge on any atom is 0.354 e. The van der Waals surface area contributed by atoms with Gasteiger partial charge in [-0.2, -0.15) is 5.10 Å². The van der Waals surface area contributed by atoms with Crippen molar-refractivity contribution < 1.29 is 13.4 Å². The number of aromatic nitrogens is 2. The van der Waals surface area contributed by atoms with E-state index in [1.54, 1.807) is 10.7 Å². The fourth-order valence-corrected chi connectivity index (χ4v) is 5.39. The Labute approximate surface area is 168 Å². The molecule has 0 radical (unpaired) electrons. The van der Waals surface area contributed by atoms with Crippen LogP contribution in [0.2, 0.25) is 0 Å². The molecule has 2 amide bonds. The summed E-state index contributed by atoms with van der Waals surface area (Å²) < 4.78 is 33.0. The van der Waals surface area contributed by atoms with Crippen molar-refractivity contribution in [2.24, 2.45) is 9.50 Å². The second kappa shape index (κ2) is 6.61. The molecular weight excluding hydrogens is 395 g/mol. The molecule has 5 rings (SSSR count). The van der Waals surface area contributed by atoms with Crippen molar-refractivity contribution in [2.75, 3.05) is 18.9 Å². The van der Waals surface area contributed by atoms with Crippen LogP contribution < -0.4 is 10.5 Å². The summed E-state index contributed by atoms with van der Waals surface area (Å²) in [6.45, 7) is 2.17. The highest BCUT2D eigenvalue weighted by atomic mass is 32.2. The van der Waals surface area contributed by atoms with E-state index in [0.717, 1.165) is 29.8 Å². The Morgan fingerprint density at radius 3 is 2.66 bits per heavy atom. The van der Waals surface area contributed by atoms with E-state index in [0.29, 0.717) is 55.6 Å². The highest BCUT2D eigenvalue weighted by Gasteiger charge is 2.31. The van der Waals surface area contributed by atoms with Crippen molar-refractivity contribution in [3.8, 4) is 0 Å². The fraction of sp³-hybridized carbons (Fsp3) is 0.474. The SMILES string of the molecule is CN1CCn2nc(S(N)(=O)=NC(=O)Nc3c4c(c(F)c5c3CC5)CCC4)cc2C1. The summed E-state index contributed by atoms with van der Waals surface area (Å²) in [5.41, 5.74) is 4.57. The molecule has 8 nitrogen and oxygen atoms in total. The molecule has 0 bridgehead atoms. The Morgan fingerprint density at radius 1 is 1.21 bits per heavy atom. The van der Waals surface area contributed by atoms with E-state index in [9.17, 15) is 13.4 Å². The molecule has 3 aliphatic rings. The standard InChI is InChI=1S/C19H23FN6O2S/c1-25-7-8-26-11(10-25)9-16(23-26)29(21,28)24-19(27)22-18-14-4-2-3-12(14)17(20)13-5-6-15(13)18/h9H,2-8,10H2,1H3,(H3,21,22,24,27,28). The third-order valence-electron chi connectivity index (χ3n) is 6.06. The number of fused-ring (bicyclic) bond motifs is 3. The largest absolute Gasteiger partial charge is 0.354 e. The van der Waals surface area contributed by atoms with Gasteiger partial charge in [0.1, 0.15) is 5.82 Å². The lowest BCUT2D eigenvalue weighted by molar-refractivity contribution is 0.258. The molecule has 0 saturated carbocycles. The lowest BCUT2D eigenvalue weighted by atomic mass is 9.83. The number of nitrogens with two attached hydrogens (primary N) is 1. The van der Waals surface area contributed by atoms with Gasteiger partial charge in [-0.25, -0.2) is 18.5 Å². The molecule has 1 aromatic heterocycles. The maximum atomic E-state index is 14.5. The average molecular weight is 418 g/mol. The van der Waals surface area contributed by atoms with Crippen molar-refractivity contribution in [1.29, 1.82) is 0 Å². The Balaban J connectivity index is 1.45. The summed E-state index contributed by atoms with van der Waals surface area (Å²) in [6, 6.07) is 0.868. The van der Waals surface area contributed by atoms with Crippen molar-refractivity contribution in [3.05, 3.63) is 39.8 Å². The van der Waals surface area contributed by atoms with E-state index < -0.39 is 15.9 Å². The number of benzene rings is 1. The molecule has 154 valence electrons. The molecule has 2 aromatic rings. The van der Waals surface area contributed by atoms with Gasteiger partial charge in [0, 0.05) is 18.8 Å². The molecular formula is C19H23FN6O2S. The van der Waals surface area contributed by atoms with Crippen LogP contribution in [0.4, 0.5) is 14.9 Å². The van der Waals surface area contributed by atoms with Crippen LogP contribution in [0.1, 0.15) is 34.4 Å². The summed E-state index contributed by atoms with van der Waals surface area (Å²) in [4.78, 5) is 14.7. The molecule has 0 fully saturated rings. The third kappa shape index (κ3) is 3.06. The topological polar surface area (TPSA) is 106 Å². The molecule has 29 heavy (non-hydrogen) atoms. The Hall–Kier alpha value is -2.30. The molecule has 3 N–H and O–H groups in total. The number of anilines is 1.